The van der Waals surface area contributed by atoms with E-state index in [1.807, 2.05) is 0 Å². The minimum atomic E-state index is -1.25. The lowest BCUT2D eigenvalue weighted by Crippen LogP contribution is -2.27. The van der Waals surface area contributed by atoms with Gasteiger partial charge in [-0.2, -0.15) is 0 Å². The maximum Gasteiger partial charge on any atom is 0.440 e. The van der Waals surface area contributed by atoms with E-state index in [1.165, 1.54) is 43.3 Å². The predicted molar refractivity (Wildman–Crippen MR) is 199 cm³/mol. The Morgan fingerprint density at radius 3 is 1.77 bits per heavy atom. The Labute approximate surface area is 305 Å². The van der Waals surface area contributed by atoms with E-state index in [1.54, 1.807) is 60.7 Å². The molecule has 0 atom stereocenters. The molecular formula is C39H40N4O10. The van der Waals surface area contributed by atoms with Gasteiger partial charge >= 0.3 is 23.8 Å². The fourth-order valence-corrected chi connectivity index (χ4v) is 5.08. The van der Waals surface area contributed by atoms with Crippen LogP contribution in [0.4, 0.5) is 21.0 Å². The number of nitrogens with zero attached hydrogens (tertiary/aromatic N) is 4. The van der Waals surface area contributed by atoms with Gasteiger partial charge in [-0.3, -0.25) is 33.9 Å². The van der Waals surface area contributed by atoms with E-state index in [4.69, 9.17) is 14.1 Å². The van der Waals surface area contributed by atoms with Crippen molar-refractivity contribution in [3.63, 3.8) is 0 Å². The zero-order valence-corrected chi connectivity index (χ0v) is 29.7. The van der Waals surface area contributed by atoms with Crippen molar-refractivity contribution in [1.82, 2.24) is 0 Å². The molecule has 0 radical (unpaired) electrons. The fraction of sp³-hybridized carbons (Fsp3) is 0.282. The zero-order chi connectivity index (χ0) is 38.3. The predicted octanol–water partition coefficient (Wildman–Crippen LogP) is 7.64. The Kier molecular flexibility index (Phi) is 14.3. The lowest BCUT2D eigenvalue weighted by atomic mass is 9.99. The number of benzene rings is 3. The van der Waals surface area contributed by atoms with Crippen molar-refractivity contribution in [1.29, 1.82) is 0 Å². The Bertz CT molecular complexity index is 2060. The summed E-state index contributed by atoms with van der Waals surface area (Å²) in [5, 5.41) is 17.1. The minimum Gasteiger partial charge on any atom is -0.481 e. The van der Waals surface area contributed by atoms with Crippen LogP contribution in [0.5, 0.6) is 0 Å². The summed E-state index contributed by atoms with van der Waals surface area (Å²) in [7, 11) is 2.93. The van der Waals surface area contributed by atoms with Gasteiger partial charge in [-0.1, -0.05) is 91.4 Å². The number of aliphatic carboxylic acids is 1. The van der Waals surface area contributed by atoms with Crippen LogP contribution in [0.1, 0.15) is 79.0 Å². The van der Waals surface area contributed by atoms with Crippen LogP contribution in [-0.4, -0.2) is 60.3 Å². The highest BCUT2D eigenvalue weighted by Crippen LogP contribution is 2.20. The van der Waals surface area contributed by atoms with Gasteiger partial charge in [0.05, 0.1) is 6.42 Å². The molecule has 0 aliphatic heterocycles. The highest BCUT2D eigenvalue weighted by atomic mass is 16.7. The molecule has 0 spiro atoms. The van der Waals surface area contributed by atoms with Crippen molar-refractivity contribution in [2.24, 2.45) is 10.3 Å². The largest absolute Gasteiger partial charge is 0.481 e. The number of hydrogen-bond acceptors (Lipinski definition) is 11. The van der Waals surface area contributed by atoms with Crippen molar-refractivity contribution in [2.45, 2.75) is 58.3 Å². The number of para-hydroxylation sites is 2. The number of unbranched alkanes of at least 4 members (excludes halogenated alkanes) is 4. The van der Waals surface area contributed by atoms with E-state index in [-0.39, 0.29) is 28.7 Å². The van der Waals surface area contributed by atoms with Crippen LogP contribution in [0.2, 0.25) is 0 Å². The third-order valence-electron chi connectivity index (χ3n) is 8.16. The molecule has 0 aliphatic rings. The normalized spacial score (nSPS) is 11.5. The van der Waals surface area contributed by atoms with Gasteiger partial charge in [-0.25, -0.2) is 14.4 Å². The molecule has 4 rings (SSSR count). The van der Waals surface area contributed by atoms with Crippen molar-refractivity contribution >= 4 is 63.5 Å². The molecule has 276 valence electrons. The third-order valence-corrected chi connectivity index (χ3v) is 8.16. The fourth-order valence-electron chi connectivity index (χ4n) is 5.08. The molecule has 0 saturated heterocycles. The van der Waals surface area contributed by atoms with Gasteiger partial charge in [0.1, 0.15) is 22.6 Å². The van der Waals surface area contributed by atoms with E-state index < -0.39 is 59.5 Å². The molecule has 0 bridgehead atoms. The third kappa shape index (κ3) is 11.0. The van der Waals surface area contributed by atoms with E-state index in [9.17, 15) is 33.9 Å². The molecule has 14 heteroatoms. The molecule has 3 aromatic carbocycles. The molecule has 2 amide bonds. The molecule has 0 unspecified atom stereocenters. The first-order chi connectivity index (χ1) is 25.5. The molecule has 0 fully saturated rings. The zero-order valence-electron chi connectivity index (χ0n) is 29.7. The summed E-state index contributed by atoms with van der Waals surface area (Å²) in [6.45, 7) is 2.09. The highest BCUT2D eigenvalue weighted by molar-refractivity contribution is 6.47. The summed E-state index contributed by atoms with van der Waals surface area (Å²) >= 11 is 0. The van der Waals surface area contributed by atoms with Gasteiger partial charge < -0.3 is 9.52 Å². The lowest BCUT2D eigenvalue weighted by Gasteiger charge is -2.15. The first-order valence-electron chi connectivity index (χ1n) is 17.0. The Hall–Kier alpha value is -6.44. The van der Waals surface area contributed by atoms with Gasteiger partial charge in [0.15, 0.2) is 0 Å². The lowest BCUT2D eigenvalue weighted by molar-refractivity contribution is -0.136. The number of anilines is 2. The Morgan fingerprint density at radius 2 is 1.23 bits per heavy atom. The number of rotatable bonds is 17. The van der Waals surface area contributed by atoms with Crippen LogP contribution in [-0.2, 0) is 14.5 Å². The summed E-state index contributed by atoms with van der Waals surface area (Å²) in [6, 6.07) is 22.7. The van der Waals surface area contributed by atoms with Crippen molar-refractivity contribution in [2.75, 3.05) is 23.9 Å². The molecule has 0 aliphatic carbocycles. The summed E-state index contributed by atoms with van der Waals surface area (Å²) in [5.74, 6) is -2.80. The number of hydrogen-bond donors (Lipinski definition) is 1. The first-order valence-corrected chi connectivity index (χ1v) is 17.0. The number of amides is 2. The molecule has 4 aromatic rings. The number of Topliss-reactive ketones (excluding diaryl/α,β-unsaturated/α-hetero) is 2. The molecule has 0 saturated carbocycles. The van der Waals surface area contributed by atoms with Crippen molar-refractivity contribution in [3.8, 4) is 0 Å². The average Bonchev–Trinajstić information content (AvgIpc) is 3.17. The second-order valence-corrected chi connectivity index (χ2v) is 12.0. The van der Waals surface area contributed by atoms with Crippen LogP contribution in [0, 0.1) is 0 Å². The van der Waals surface area contributed by atoms with Gasteiger partial charge in [-0.05, 0) is 49.2 Å². The van der Waals surface area contributed by atoms with Crippen LogP contribution in [0.3, 0.4) is 0 Å². The highest BCUT2D eigenvalue weighted by Gasteiger charge is 2.24. The minimum absolute atomic E-state index is 0.00320. The Balaban J connectivity index is 1.58. The number of oxime groups is 2. The van der Waals surface area contributed by atoms with Gasteiger partial charge in [0.2, 0.25) is 11.6 Å². The number of carbonyl (C=O) groups excluding carboxylic acids is 4. The molecule has 53 heavy (non-hydrogen) atoms. The first kappa shape index (κ1) is 39.3. The Morgan fingerprint density at radius 1 is 0.679 bits per heavy atom. The summed E-state index contributed by atoms with van der Waals surface area (Å²) in [4.78, 5) is 89.4. The maximum atomic E-state index is 13.7. The standard InChI is InChI=1S/C39H40N4O10/c1-4-5-6-7-14-19-31(40-52-38(49)42(2)28-15-10-8-11-16-28)35(46)27-21-20-26-24-30(37(48)51-33(26)25-27)36(47)32(22-23-34(44)45)41-53-39(50)43(3)29-17-12-9-13-18-29/h8-13,15-18,20-21,24-25H,4-7,14,19,22-23H2,1-3H3,(H,44,45)/b40-31+,41-32-. The number of carboxylic acid groups (broad SMARTS) is 1. The molecule has 1 aromatic heterocycles. The van der Waals surface area contributed by atoms with Crippen LogP contribution >= 0.6 is 0 Å². The SMILES string of the molecule is CCCCCCC/C(=N\OC(=O)N(C)c1ccccc1)C(=O)c1ccc2cc(C(=O)/C(CCC(=O)O)=N\OC(=O)N(C)c3ccccc3)c(=O)oc2c1. The summed E-state index contributed by atoms with van der Waals surface area (Å²) < 4.78 is 5.44. The second kappa shape index (κ2) is 19.2. The van der Waals surface area contributed by atoms with Gasteiger partial charge in [-0.15, -0.1) is 0 Å². The summed E-state index contributed by atoms with van der Waals surface area (Å²) in [6.07, 6.45) is 1.98. The average molecular weight is 725 g/mol. The van der Waals surface area contributed by atoms with E-state index >= 15 is 0 Å². The smallest absolute Gasteiger partial charge is 0.440 e. The van der Waals surface area contributed by atoms with Crippen molar-refractivity contribution < 1.29 is 43.2 Å². The monoisotopic (exact) mass is 724 g/mol. The van der Waals surface area contributed by atoms with E-state index in [2.05, 4.69) is 17.2 Å². The van der Waals surface area contributed by atoms with Crippen LogP contribution in [0.15, 0.2) is 104 Å². The van der Waals surface area contributed by atoms with E-state index in [0.717, 1.165) is 30.6 Å². The topological polar surface area (TPSA) is 185 Å². The van der Waals surface area contributed by atoms with Crippen LogP contribution < -0.4 is 15.4 Å². The number of carbonyl (C=O) groups is 5. The molecule has 1 N–H and O–H groups in total. The quantitative estimate of drug-likeness (QED) is 0.0283. The molecule has 1 heterocycles. The van der Waals surface area contributed by atoms with Gasteiger partial charge in [0, 0.05) is 42.8 Å². The van der Waals surface area contributed by atoms with Crippen molar-refractivity contribution in [3.05, 3.63) is 106 Å². The van der Waals surface area contributed by atoms with E-state index in [0.29, 0.717) is 17.8 Å². The molecular weight excluding hydrogens is 684 g/mol. The number of carboxylic acids is 1. The maximum absolute atomic E-state index is 13.7. The second-order valence-electron chi connectivity index (χ2n) is 12.0. The number of ketones is 2. The number of fused-ring (bicyclic) bond motifs is 1. The summed E-state index contributed by atoms with van der Waals surface area (Å²) in [5.41, 5.74) is -0.967. The molecule has 14 nitrogen and oxygen atoms in total. The van der Waals surface area contributed by atoms with Crippen LogP contribution in [0.25, 0.3) is 11.0 Å². The van der Waals surface area contributed by atoms with Gasteiger partial charge in [0.25, 0.3) is 0 Å².